The van der Waals surface area contributed by atoms with E-state index in [4.69, 9.17) is 0 Å². The lowest BCUT2D eigenvalue weighted by Gasteiger charge is -2.31. The van der Waals surface area contributed by atoms with Crippen LogP contribution in [-0.2, 0) is 6.42 Å². The first-order chi connectivity index (χ1) is 6.08. The summed E-state index contributed by atoms with van der Waals surface area (Å²) in [6, 6.07) is 4.36. The zero-order valence-electron chi connectivity index (χ0n) is 8.51. The number of alkyl halides is 1. The van der Waals surface area contributed by atoms with Crippen molar-refractivity contribution in [3.05, 3.63) is 22.4 Å². The van der Waals surface area contributed by atoms with Crippen LogP contribution in [0.1, 0.15) is 25.6 Å². The number of thiophene rings is 1. The van der Waals surface area contributed by atoms with E-state index < -0.39 is 0 Å². The lowest BCUT2D eigenvalue weighted by Crippen LogP contribution is -2.27. The van der Waals surface area contributed by atoms with Gasteiger partial charge in [-0.25, -0.2) is 0 Å². The van der Waals surface area contributed by atoms with Gasteiger partial charge in [0.2, 0.25) is 0 Å². The highest BCUT2D eigenvalue weighted by Gasteiger charge is 2.27. The summed E-state index contributed by atoms with van der Waals surface area (Å²) in [5, 5.41) is 3.24. The fourth-order valence-corrected chi connectivity index (χ4v) is 2.96. The summed E-state index contributed by atoms with van der Waals surface area (Å²) in [6.07, 6.45) is 1.19. The average molecular weight is 261 g/mol. The number of hydrogen-bond donors (Lipinski definition) is 0. The van der Waals surface area contributed by atoms with E-state index in [1.807, 2.05) is 11.3 Å². The fourth-order valence-electron chi connectivity index (χ4n) is 1.22. The van der Waals surface area contributed by atoms with E-state index in [1.165, 1.54) is 11.3 Å². The van der Waals surface area contributed by atoms with Gasteiger partial charge in [-0.2, -0.15) is 0 Å². The number of rotatable bonds is 4. The predicted octanol–water partition coefficient (Wildman–Crippen LogP) is 4.35. The molecule has 1 atom stereocenters. The average Bonchev–Trinajstić information content (AvgIpc) is 2.56. The molecule has 13 heavy (non-hydrogen) atoms. The molecule has 0 aromatic carbocycles. The Bertz CT molecular complexity index is 241. The Hall–Kier alpha value is 0.180. The molecule has 1 rings (SSSR count). The quantitative estimate of drug-likeness (QED) is 0.707. The Kier molecular flexibility index (Phi) is 3.99. The van der Waals surface area contributed by atoms with Crippen LogP contribution in [0.3, 0.4) is 0 Å². The largest absolute Gasteiger partial charge is 0.149 e. The molecule has 0 saturated carbocycles. The molecule has 0 saturated heterocycles. The van der Waals surface area contributed by atoms with Crippen LogP contribution in [0.4, 0.5) is 0 Å². The zero-order chi connectivity index (χ0) is 9.90. The van der Waals surface area contributed by atoms with Gasteiger partial charge < -0.3 is 0 Å². The molecule has 0 N–H and O–H groups in total. The van der Waals surface area contributed by atoms with Gasteiger partial charge >= 0.3 is 0 Å². The summed E-state index contributed by atoms with van der Waals surface area (Å²) in [7, 11) is 0. The van der Waals surface area contributed by atoms with Crippen LogP contribution in [0.5, 0.6) is 0 Å². The van der Waals surface area contributed by atoms with E-state index in [0.717, 1.165) is 5.33 Å². The minimum atomic E-state index is 0.394. The van der Waals surface area contributed by atoms with E-state index >= 15 is 0 Å². The maximum atomic E-state index is 3.62. The van der Waals surface area contributed by atoms with E-state index in [9.17, 15) is 0 Å². The van der Waals surface area contributed by atoms with E-state index in [0.29, 0.717) is 11.3 Å². The Morgan fingerprint density at radius 1 is 1.54 bits per heavy atom. The molecule has 0 fully saturated rings. The van der Waals surface area contributed by atoms with Crippen molar-refractivity contribution in [3.63, 3.8) is 0 Å². The maximum absolute atomic E-state index is 3.62. The first kappa shape index (κ1) is 11.3. The van der Waals surface area contributed by atoms with Gasteiger partial charge in [-0.1, -0.05) is 42.8 Å². The standard InChI is InChI=1S/C11H17BrS/c1-9(2)11(3,8-12)7-10-5-4-6-13-10/h4-6,9H,7-8H2,1-3H3. The van der Waals surface area contributed by atoms with Crippen molar-refractivity contribution in [1.82, 2.24) is 0 Å². The Morgan fingerprint density at radius 3 is 2.62 bits per heavy atom. The summed E-state index contributed by atoms with van der Waals surface area (Å²) in [6.45, 7) is 6.95. The first-order valence-corrected chi connectivity index (χ1v) is 6.67. The Balaban J connectivity index is 2.69. The van der Waals surface area contributed by atoms with Crippen molar-refractivity contribution >= 4 is 27.3 Å². The summed E-state index contributed by atoms with van der Waals surface area (Å²) in [5.41, 5.74) is 0.394. The third-order valence-corrected chi connectivity index (χ3v) is 5.01. The molecule has 74 valence electrons. The predicted molar refractivity (Wildman–Crippen MR) is 64.8 cm³/mol. The van der Waals surface area contributed by atoms with Gasteiger partial charge in [-0.15, -0.1) is 11.3 Å². The van der Waals surface area contributed by atoms with E-state index in [2.05, 4.69) is 54.2 Å². The highest BCUT2D eigenvalue weighted by molar-refractivity contribution is 9.09. The van der Waals surface area contributed by atoms with Crippen LogP contribution >= 0.6 is 27.3 Å². The first-order valence-electron chi connectivity index (χ1n) is 4.67. The number of halogens is 1. The normalized spacial score (nSPS) is 16.1. The van der Waals surface area contributed by atoms with E-state index in [-0.39, 0.29) is 0 Å². The second kappa shape index (κ2) is 4.61. The molecule has 0 aliphatic rings. The molecule has 1 aromatic rings. The molecule has 0 amide bonds. The van der Waals surface area contributed by atoms with Crippen LogP contribution in [0.15, 0.2) is 17.5 Å². The van der Waals surface area contributed by atoms with Crippen LogP contribution in [0.2, 0.25) is 0 Å². The molecule has 0 aliphatic carbocycles. The highest BCUT2D eigenvalue weighted by atomic mass is 79.9. The third-order valence-electron chi connectivity index (χ3n) is 2.86. The summed E-state index contributed by atoms with van der Waals surface area (Å²) >= 11 is 5.48. The van der Waals surface area contributed by atoms with Gasteiger partial charge in [0.1, 0.15) is 0 Å². The smallest absolute Gasteiger partial charge is 0.00912 e. The molecule has 0 radical (unpaired) electrons. The molecule has 0 bridgehead atoms. The van der Waals surface area contributed by atoms with Crippen LogP contribution in [0, 0.1) is 11.3 Å². The van der Waals surface area contributed by atoms with Crippen molar-refractivity contribution in [3.8, 4) is 0 Å². The van der Waals surface area contributed by atoms with E-state index in [1.54, 1.807) is 0 Å². The molecule has 2 heteroatoms. The Labute approximate surface area is 93.5 Å². The molecular weight excluding hydrogens is 244 g/mol. The Morgan fingerprint density at radius 2 is 2.23 bits per heavy atom. The van der Waals surface area contributed by atoms with Gasteiger partial charge in [0.25, 0.3) is 0 Å². The van der Waals surface area contributed by atoms with Crippen LogP contribution in [-0.4, -0.2) is 5.33 Å². The van der Waals surface area contributed by atoms with Crippen molar-refractivity contribution in [2.45, 2.75) is 27.2 Å². The molecular formula is C11H17BrS. The summed E-state index contributed by atoms with van der Waals surface area (Å²) < 4.78 is 0. The van der Waals surface area contributed by atoms with Crippen LogP contribution < -0.4 is 0 Å². The summed E-state index contributed by atoms with van der Waals surface area (Å²) in [5.74, 6) is 0.717. The highest BCUT2D eigenvalue weighted by Crippen LogP contribution is 2.34. The maximum Gasteiger partial charge on any atom is 0.00912 e. The molecule has 1 unspecified atom stereocenters. The van der Waals surface area contributed by atoms with Gasteiger partial charge in [-0.3, -0.25) is 0 Å². The minimum absolute atomic E-state index is 0.394. The zero-order valence-corrected chi connectivity index (χ0v) is 10.9. The SMILES string of the molecule is CC(C)C(C)(CBr)Cc1cccs1. The fraction of sp³-hybridized carbons (Fsp3) is 0.636. The van der Waals surface area contributed by atoms with Gasteiger partial charge in [0.05, 0.1) is 0 Å². The van der Waals surface area contributed by atoms with Gasteiger partial charge in [0, 0.05) is 10.2 Å². The molecule has 1 heterocycles. The van der Waals surface area contributed by atoms with Crippen molar-refractivity contribution in [2.24, 2.45) is 11.3 Å². The van der Waals surface area contributed by atoms with Crippen molar-refractivity contribution in [2.75, 3.05) is 5.33 Å². The van der Waals surface area contributed by atoms with Crippen LogP contribution in [0.25, 0.3) is 0 Å². The molecule has 0 spiro atoms. The molecule has 0 aliphatic heterocycles. The lowest BCUT2D eigenvalue weighted by atomic mass is 9.78. The van der Waals surface area contributed by atoms with Crippen molar-refractivity contribution in [1.29, 1.82) is 0 Å². The second-order valence-corrected chi connectivity index (χ2v) is 5.79. The monoisotopic (exact) mass is 260 g/mol. The van der Waals surface area contributed by atoms with Crippen molar-refractivity contribution < 1.29 is 0 Å². The minimum Gasteiger partial charge on any atom is -0.149 e. The number of hydrogen-bond acceptors (Lipinski definition) is 1. The molecule has 0 nitrogen and oxygen atoms in total. The molecule has 1 aromatic heterocycles. The van der Waals surface area contributed by atoms with Gasteiger partial charge in [-0.05, 0) is 29.2 Å². The second-order valence-electron chi connectivity index (χ2n) is 4.20. The van der Waals surface area contributed by atoms with Gasteiger partial charge in [0.15, 0.2) is 0 Å². The third kappa shape index (κ3) is 2.81. The lowest BCUT2D eigenvalue weighted by molar-refractivity contribution is 0.260. The summed E-state index contributed by atoms with van der Waals surface area (Å²) in [4.78, 5) is 1.50. The topological polar surface area (TPSA) is 0 Å².